The maximum Gasteiger partial charge on any atom is 0.408 e. The number of carbonyl (C=O) groups excluding carboxylic acids is 2. The summed E-state index contributed by atoms with van der Waals surface area (Å²) in [5, 5.41) is 6.54. The van der Waals surface area contributed by atoms with Crippen molar-refractivity contribution in [2.45, 2.75) is 32.0 Å². The summed E-state index contributed by atoms with van der Waals surface area (Å²) in [5.41, 5.74) is 2.72. The summed E-state index contributed by atoms with van der Waals surface area (Å²) >= 11 is 1.54. The van der Waals surface area contributed by atoms with Crippen molar-refractivity contribution in [1.82, 2.24) is 15.6 Å². The molecular formula is C26H25N3O3S. The summed E-state index contributed by atoms with van der Waals surface area (Å²) in [6.07, 6.45) is -0.290. The second kappa shape index (κ2) is 10.7. The highest BCUT2D eigenvalue weighted by molar-refractivity contribution is 7.18. The molecule has 1 aromatic heterocycles. The van der Waals surface area contributed by atoms with E-state index in [2.05, 4.69) is 15.6 Å². The van der Waals surface area contributed by atoms with Crippen LogP contribution in [0.3, 0.4) is 0 Å². The van der Waals surface area contributed by atoms with E-state index in [0.29, 0.717) is 6.42 Å². The maximum atomic E-state index is 13.2. The minimum Gasteiger partial charge on any atom is -0.445 e. The van der Waals surface area contributed by atoms with Crippen molar-refractivity contribution in [3.63, 3.8) is 0 Å². The summed E-state index contributed by atoms with van der Waals surface area (Å²) in [4.78, 5) is 30.2. The third-order valence-corrected chi connectivity index (χ3v) is 6.36. The van der Waals surface area contributed by atoms with Gasteiger partial charge in [-0.05, 0) is 30.2 Å². The van der Waals surface area contributed by atoms with Crippen molar-refractivity contribution >= 4 is 33.6 Å². The van der Waals surface area contributed by atoms with E-state index in [-0.39, 0.29) is 18.6 Å². The number of fused-ring (bicyclic) bond motifs is 1. The average molecular weight is 460 g/mol. The van der Waals surface area contributed by atoms with Gasteiger partial charge < -0.3 is 15.4 Å². The standard InChI is InChI=1S/C26H25N3O3S/c1-18(25-28-21-14-8-9-15-23(21)33-25)27-24(30)22(16-19-10-4-2-5-11-19)29-26(31)32-17-20-12-6-3-7-13-20/h2-15,18,22H,16-17H2,1H3,(H,27,30)(H,29,31)/t18-,22-/m0/s1. The molecule has 4 aromatic rings. The van der Waals surface area contributed by atoms with Gasteiger partial charge in [0.25, 0.3) is 0 Å². The summed E-state index contributed by atoms with van der Waals surface area (Å²) in [6, 6.07) is 25.8. The van der Waals surface area contributed by atoms with Gasteiger partial charge in [0.15, 0.2) is 0 Å². The molecule has 3 aromatic carbocycles. The number of ether oxygens (including phenoxy) is 1. The molecule has 2 atom stereocenters. The van der Waals surface area contributed by atoms with Crippen molar-refractivity contribution in [3.05, 3.63) is 101 Å². The smallest absolute Gasteiger partial charge is 0.408 e. The Labute approximate surface area is 196 Å². The van der Waals surface area contributed by atoms with Gasteiger partial charge in [-0.25, -0.2) is 9.78 Å². The molecule has 2 N–H and O–H groups in total. The lowest BCUT2D eigenvalue weighted by Gasteiger charge is -2.20. The lowest BCUT2D eigenvalue weighted by molar-refractivity contribution is -0.123. The van der Waals surface area contributed by atoms with E-state index in [9.17, 15) is 9.59 Å². The molecule has 1 heterocycles. The number of hydrogen-bond donors (Lipinski definition) is 2. The van der Waals surface area contributed by atoms with Crippen LogP contribution in [0.25, 0.3) is 10.2 Å². The van der Waals surface area contributed by atoms with Gasteiger partial charge in [-0.15, -0.1) is 11.3 Å². The highest BCUT2D eigenvalue weighted by Gasteiger charge is 2.24. The fraction of sp³-hybridized carbons (Fsp3) is 0.192. The van der Waals surface area contributed by atoms with Crippen LogP contribution in [0.15, 0.2) is 84.9 Å². The topological polar surface area (TPSA) is 80.3 Å². The first-order valence-corrected chi connectivity index (χ1v) is 11.6. The quantitative estimate of drug-likeness (QED) is 0.388. The molecule has 2 amide bonds. The van der Waals surface area contributed by atoms with Gasteiger partial charge in [0, 0.05) is 6.42 Å². The van der Waals surface area contributed by atoms with Crippen LogP contribution in [0.4, 0.5) is 4.79 Å². The molecule has 0 unspecified atom stereocenters. The number of rotatable bonds is 8. The molecule has 0 saturated heterocycles. The molecule has 0 aliphatic rings. The Bertz CT molecular complexity index is 1180. The summed E-state index contributed by atoms with van der Waals surface area (Å²) < 4.78 is 6.40. The molecule has 0 spiro atoms. The molecule has 168 valence electrons. The van der Waals surface area contributed by atoms with Crippen LogP contribution in [0.2, 0.25) is 0 Å². The lowest BCUT2D eigenvalue weighted by Crippen LogP contribution is -2.48. The highest BCUT2D eigenvalue weighted by atomic mass is 32.1. The molecule has 0 fully saturated rings. The van der Waals surface area contributed by atoms with E-state index in [4.69, 9.17) is 4.74 Å². The number of alkyl carbamates (subject to hydrolysis) is 1. The van der Waals surface area contributed by atoms with Crippen molar-refractivity contribution in [3.8, 4) is 0 Å². The van der Waals surface area contributed by atoms with E-state index in [1.165, 1.54) is 0 Å². The Balaban J connectivity index is 1.43. The van der Waals surface area contributed by atoms with E-state index < -0.39 is 12.1 Å². The number of thiazole rings is 1. The fourth-order valence-electron chi connectivity index (χ4n) is 3.42. The van der Waals surface area contributed by atoms with Crippen molar-refractivity contribution < 1.29 is 14.3 Å². The van der Waals surface area contributed by atoms with Gasteiger partial charge in [-0.2, -0.15) is 0 Å². The molecule has 0 radical (unpaired) electrons. The van der Waals surface area contributed by atoms with E-state index >= 15 is 0 Å². The van der Waals surface area contributed by atoms with Crippen LogP contribution in [0.1, 0.15) is 29.1 Å². The zero-order valence-corrected chi connectivity index (χ0v) is 19.0. The summed E-state index contributed by atoms with van der Waals surface area (Å²) in [5.74, 6) is -0.290. The largest absolute Gasteiger partial charge is 0.445 e. The van der Waals surface area contributed by atoms with Crippen molar-refractivity contribution in [1.29, 1.82) is 0 Å². The number of hydrogen-bond acceptors (Lipinski definition) is 5. The first-order chi connectivity index (χ1) is 16.1. The number of para-hydroxylation sites is 1. The molecule has 0 bridgehead atoms. The number of aromatic nitrogens is 1. The third-order valence-electron chi connectivity index (χ3n) is 5.14. The zero-order valence-electron chi connectivity index (χ0n) is 18.2. The van der Waals surface area contributed by atoms with Crippen LogP contribution in [-0.2, 0) is 22.6 Å². The molecule has 33 heavy (non-hydrogen) atoms. The first-order valence-electron chi connectivity index (χ1n) is 10.8. The Morgan fingerprint density at radius 3 is 2.21 bits per heavy atom. The lowest BCUT2D eigenvalue weighted by atomic mass is 10.1. The molecule has 4 rings (SSSR count). The third kappa shape index (κ3) is 6.17. The van der Waals surface area contributed by atoms with E-state index in [1.807, 2.05) is 91.9 Å². The average Bonchev–Trinajstić information content (AvgIpc) is 3.28. The normalized spacial score (nSPS) is 12.6. The van der Waals surface area contributed by atoms with Crippen molar-refractivity contribution in [2.75, 3.05) is 0 Å². The molecule has 0 aliphatic carbocycles. The maximum absolute atomic E-state index is 13.2. The van der Waals surface area contributed by atoms with Crippen LogP contribution in [-0.4, -0.2) is 23.0 Å². The number of carbonyl (C=O) groups is 2. The summed E-state index contributed by atoms with van der Waals surface area (Å²) in [6.45, 7) is 2.03. The fourth-order valence-corrected chi connectivity index (χ4v) is 4.39. The molecule has 7 heteroatoms. The predicted molar refractivity (Wildman–Crippen MR) is 130 cm³/mol. The minimum absolute atomic E-state index is 0.133. The molecule has 0 saturated carbocycles. The Hall–Kier alpha value is -3.71. The van der Waals surface area contributed by atoms with E-state index in [1.54, 1.807) is 11.3 Å². The van der Waals surface area contributed by atoms with Gasteiger partial charge in [0.1, 0.15) is 17.7 Å². The highest BCUT2D eigenvalue weighted by Crippen LogP contribution is 2.26. The zero-order chi connectivity index (χ0) is 23.0. The molecule has 0 aliphatic heterocycles. The summed E-state index contributed by atoms with van der Waals surface area (Å²) in [7, 11) is 0. The van der Waals surface area contributed by atoms with Gasteiger partial charge in [-0.3, -0.25) is 4.79 Å². The van der Waals surface area contributed by atoms with Gasteiger partial charge in [-0.1, -0.05) is 72.8 Å². The molecular weight excluding hydrogens is 434 g/mol. The Morgan fingerprint density at radius 1 is 0.879 bits per heavy atom. The second-order valence-corrected chi connectivity index (χ2v) is 8.76. The number of amides is 2. The predicted octanol–water partition coefficient (Wildman–Crippen LogP) is 5.01. The van der Waals surface area contributed by atoms with Crippen LogP contribution >= 0.6 is 11.3 Å². The Morgan fingerprint density at radius 2 is 1.52 bits per heavy atom. The minimum atomic E-state index is -0.785. The number of benzene rings is 3. The van der Waals surface area contributed by atoms with Gasteiger partial charge >= 0.3 is 6.09 Å². The van der Waals surface area contributed by atoms with Crippen LogP contribution in [0, 0.1) is 0 Å². The van der Waals surface area contributed by atoms with Gasteiger partial charge in [0.05, 0.1) is 16.3 Å². The number of nitrogens with one attached hydrogen (secondary N) is 2. The van der Waals surface area contributed by atoms with Crippen molar-refractivity contribution in [2.24, 2.45) is 0 Å². The van der Waals surface area contributed by atoms with Crippen LogP contribution < -0.4 is 10.6 Å². The van der Waals surface area contributed by atoms with Crippen LogP contribution in [0.5, 0.6) is 0 Å². The first kappa shape index (κ1) is 22.5. The van der Waals surface area contributed by atoms with E-state index in [0.717, 1.165) is 26.4 Å². The second-order valence-electron chi connectivity index (χ2n) is 7.70. The SMILES string of the molecule is C[C@H](NC(=O)[C@H](Cc1ccccc1)NC(=O)OCc1ccccc1)c1nc2ccccc2s1. The number of nitrogens with zero attached hydrogens (tertiary/aromatic N) is 1. The molecule has 6 nitrogen and oxygen atoms in total. The van der Waals surface area contributed by atoms with Gasteiger partial charge in [0.2, 0.25) is 5.91 Å². The Kier molecular flexibility index (Phi) is 7.32. The monoisotopic (exact) mass is 459 g/mol.